The second-order valence-corrected chi connectivity index (χ2v) is 6.76. The van der Waals surface area contributed by atoms with Crippen LogP contribution in [0.2, 0.25) is 4.47 Å². The minimum absolute atomic E-state index is 0.248. The Bertz CT molecular complexity index is 701. The van der Waals surface area contributed by atoms with Gasteiger partial charge in [-0.2, -0.15) is 0 Å². The summed E-state index contributed by atoms with van der Waals surface area (Å²) >= 11 is 7.19. The van der Waals surface area contributed by atoms with Crippen molar-refractivity contribution in [3.05, 3.63) is 39.3 Å². The van der Waals surface area contributed by atoms with E-state index in [1.807, 2.05) is 12.1 Å². The number of hydrogen-bond donors (Lipinski definition) is 2. The second kappa shape index (κ2) is 7.16. The molecule has 1 aromatic carbocycles. The van der Waals surface area contributed by atoms with Gasteiger partial charge in [-0.1, -0.05) is 11.6 Å². The summed E-state index contributed by atoms with van der Waals surface area (Å²) in [6, 6.07) is 5.34. The summed E-state index contributed by atoms with van der Waals surface area (Å²) in [6.45, 7) is 3.45. The van der Waals surface area contributed by atoms with Crippen molar-refractivity contribution in [3.63, 3.8) is 0 Å². The Kier molecular flexibility index (Phi) is 5.00. The second-order valence-electron chi connectivity index (χ2n) is 5.07. The molecule has 0 radical (unpaired) electrons. The third-order valence-electron chi connectivity index (χ3n) is 3.59. The standard InChI is InChI=1S/C15H16ClN3O3S/c16-15-18-9-11(23-15)8-17-13-7-10(1-2-12(13)14(20)21)19-3-5-22-6-4-19/h1-2,7,9,17H,3-6,8H2,(H,20,21). The van der Waals surface area contributed by atoms with E-state index in [9.17, 15) is 9.90 Å². The van der Waals surface area contributed by atoms with Crippen LogP contribution < -0.4 is 10.2 Å². The molecule has 2 heterocycles. The summed E-state index contributed by atoms with van der Waals surface area (Å²) in [4.78, 5) is 18.5. The molecule has 2 N–H and O–H groups in total. The van der Waals surface area contributed by atoms with Gasteiger partial charge in [-0.25, -0.2) is 9.78 Å². The number of morpholine rings is 1. The summed E-state index contributed by atoms with van der Waals surface area (Å²) in [5, 5.41) is 12.5. The van der Waals surface area contributed by atoms with Crippen LogP contribution in [-0.4, -0.2) is 42.4 Å². The molecule has 1 aliphatic rings. The van der Waals surface area contributed by atoms with Gasteiger partial charge in [-0.3, -0.25) is 0 Å². The molecule has 1 saturated heterocycles. The number of halogens is 1. The predicted molar refractivity (Wildman–Crippen MR) is 90.9 cm³/mol. The van der Waals surface area contributed by atoms with Gasteiger partial charge in [0.25, 0.3) is 0 Å². The van der Waals surface area contributed by atoms with Crippen LogP contribution >= 0.6 is 22.9 Å². The lowest BCUT2D eigenvalue weighted by atomic mass is 10.1. The molecule has 1 aromatic heterocycles. The molecule has 1 fully saturated rings. The molecule has 23 heavy (non-hydrogen) atoms. The van der Waals surface area contributed by atoms with Crippen molar-refractivity contribution >= 4 is 40.3 Å². The van der Waals surface area contributed by atoms with Crippen molar-refractivity contribution in [2.24, 2.45) is 0 Å². The van der Waals surface area contributed by atoms with Crippen LogP contribution in [0.4, 0.5) is 11.4 Å². The summed E-state index contributed by atoms with van der Waals surface area (Å²) in [7, 11) is 0. The monoisotopic (exact) mass is 353 g/mol. The summed E-state index contributed by atoms with van der Waals surface area (Å²) < 4.78 is 5.83. The molecule has 1 aliphatic heterocycles. The molecule has 8 heteroatoms. The van der Waals surface area contributed by atoms with E-state index in [0.717, 1.165) is 23.7 Å². The van der Waals surface area contributed by atoms with Gasteiger partial charge in [0.15, 0.2) is 4.47 Å². The van der Waals surface area contributed by atoms with E-state index in [0.29, 0.717) is 29.9 Å². The molecule has 0 saturated carbocycles. The SMILES string of the molecule is O=C(O)c1ccc(N2CCOCC2)cc1NCc1cnc(Cl)s1. The first-order valence-electron chi connectivity index (χ1n) is 7.17. The average molecular weight is 354 g/mol. The van der Waals surface area contributed by atoms with Gasteiger partial charge in [0.2, 0.25) is 0 Å². The molecule has 0 atom stereocenters. The lowest BCUT2D eigenvalue weighted by Crippen LogP contribution is -2.36. The minimum Gasteiger partial charge on any atom is -0.478 e. The number of carboxylic acid groups (broad SMARTS) is 1. The first kappa shape index (κ1) is 16.0. The van der Waals surface area contributed by atoms with Gasteiger partial charge in [-0.05, 0) is 18.2 Å². The molecular weight excluding hydrogens is 338 g/mol. The maximum Gasteiger partial charge on any atom is 0.337 e. The van der Waals surface area contributed by atoms with Crippen molar-refractivity contribution in [2.45, 2.75) is 6.54 Å². The molecule has 0 amide bonds. The van der Waals surface area contributed by atoms with E-state index >= 15 is 0 Å². The van der Waals surface area contributed by atoms with Crippen molar-refractivity contribution in [2.75, 3.05) is 36.5 Å². The smallest absolute Gasteiger partial charge is 0.337 e. The van der Waals surface area contributed by atoms with Crippen LogP contribution in [0, 0.1) is 0 Å². The predicted octanol–water partition coefficient (Wildman–Crippen LogP) is 2.94. The van der Waals surface area contributed by atoms with Crippen LogP contribution in [-0.2, 0) is 11.3 Å². The number of aromatic nitrogens is 1. The highest BCUT2D eigenvalue weighted by Gasteiger charge is 2.16. The van der Waals surface area contributed by atoms with Crippen LogP contribution in [0.5, 0.6) is 0 Å². The average Bonchev–Trinajstić information content (AvgIpc) is 2.99. The van der Waals surface area contributed by atoms with Gasteiger partial charge in [0, 0.05) is 29.9 Å². The first-order chi connectivity index (χ1) is 11.1. The molecule has 3 rings (SSSR count). The fourth-order valence-electron chi connectivity index (χ4n) is 2.43. The van der Waals surface area contributed by atoms with E-state index in [1.54, 1.807) is 12.3 Å². The first-order valence-corrected chi connectivity index (χ1v) is 8.37. The molecule has 0 spiro atoms. The number of aromatic carboxylic acids is 1. The molecule has 0 bridgehead atoms. The van der Waals surface area contributed by atoms with Gasteiger partial charge in [-0.15, -0.1) is 11.3 Å². The number of thiazole rings is 1. The Morgan fingerprint density at radius 1 is 1.43 bits per heavy atom. The molecule has 122 valence electrons. The number of ether oxygens (including phenoxy) is 1. The maximum atomic E-state index is 11.4. The largest absolute Gasteiger partial charge is 0.478 e. The maximum absolute atomic E-state index is 11.4. The van der Waals surface area contributed by atoms with Crippen molar-refractivity contribution in [1.82, 2.24) is 4.98 Å². The van der Waals surface area contributed by atoms with Crippen molar-refractivity contribution in [3.8, 4) is 0 Å². The van der Waals surface area contributed by atoms with Crippen LogP contribution in [0.1, 0.15) is 15.2 Å². The Morgan fingerprint density at radius 3 is 2.87 bits per heavy atom. The minimum atomic E-state index is -0.955. The number of benzene rings is 1. The number of rotatable bonds is 5. The quantitative estimate of drug-likeness (QED) is 0.860. The fourth-order valence-corrected chi connectivity index (χ4v) is 3.35. The number of nitrogens with zero attached hydrogens (tertiary/aromatic N) is 2. The fraction of sp³-hybridized carbons (Fsp3) is 0.333. The van der Waals surface area contributed by atoms with E-state index in [2.05, 4.69) is 15.2 Å². The molecule has 6 nitrogen and oxygen atoms in total. The van der Waals surface area contributed by atoms with Crippen molar-refractivity contribution < 1.29 is 14.6 Å². The highest BCUT2D eigenvalue weighted by molar-refractivity contribution is 7.15. The van der Waals surface area contributed by atoms with Gasteiger partial charge >= 0.3 is 5.97 Å². The highest BCUT2D eigenvalue weighted by atomic mass is 35.5. The lowest BCUT2D eigenvalue weighted by molar-refractivity contribution is 0.0698. The Labute approximate surface area is 142 Å². The Balaban J connectivity index is 1.81. The summed E-state index contributed by atoms with van der Waals surface area (Å²) in [6.07, 6.45) is 1.69. The zero-order chi connectivity index (χ0) is 16.2. The molecular formula is C15H16ClN3O3S. The zero-order valence-corrected chi connectivity index (χ0v) is 13.9. The summed E-state index contributed by atoms with van der Waals surface area (Å²) in [5.41, 5.74) is 1.83. The number of carboxylic acids is 1. The number of nitrogens with one attached hydrogen (secondary N) is 1. The highest BCUT2D eigenvalue weighted by Crippen LogP contribution is 2.26. The van der Waals surface area contributed by atoms with Crippen LogP contribution in [0.15, 0.2) is 24.4 Å². The third kappa shape index (κ3) is 3.93. The van der Waals surface area contributed by atoms with E-state index < -0.39 is 5.97 Å². The van der Waals surface area contributed by atoms with Gasteiger partial charge < -0.3 is 20.1 Å². The van der Waals surface area contributed by atoms with E-state index in [4.69, 9.17) is 16.3 Å². The molecule has 0 aliphatic carbocycles. The Hall–Kier alpha value is -1.83. The number of carbonyl (C=O) groups is 1. The molecule has 0 unspecified atom stereocenters. The lowest BCUT2D eigenvalue weighted by Gasteiger charge is -2.29. The van der Waals surface area contributed by atoms with Gasteiger partial charge in [0.05, 0.1) is 31.0 Å². The molecule has 2 aromatic rings. The Morgan fingerprint density at radius 2 is 2.22 bits per heavy atom. The third-order valence-corrected chi connectivity index (χ3v) is 4.70. The van der Waals surface area contributed by atoms with E-state index in [-0.39, 0.29) is 5.56 Å². The number of hydrogen-bond acceptors (Lipinski definition) is 6. The normalized spacial score (nSPS) is 14.7. The summed E-state index contributed by atoms with van der Waals surface area (Å²) in [5.74, 6) is -0.955. The zero-order valence-electron chi connectivity index (χ0n) is 12.3. The van der Waals surface area contributed by atoms with Crippen LogP contribution in [0.3, 0.4) is 0 Å². The van der Waals surface area contributed by atoms with Crippen molar-refractivity contribution in [1.29, 1.82) is 0 Å². The number of anilines is 2. The van der Waals surface area contributed by atoms with E-state index in [1.165, 1.54) is 11.3 Å². The van der Waals surface area contributed by atoms with Crippen LogP contribution in [0.25, 0.3) is 0 Å². The topological polar surface area (TPSA) is 74.7 Å². The van der Waals surface area contributed by atoms with Gasteiger partial charge in [0.1, 0.15) is 0 Å².